The van der Waals surface area contributed by atoms with Gasteiger partial charge in [-0.15, -0.1) is 0 Å². The summed E-state index contributed by atoms with van der Waals surface area (Å²) in [5.74, 6) is 0.590. The van der Waals surface area contributed by atoms with Crippen LogP contribution in [0, 0.1) is 11.6 Å². The van der Waals surface area contributed by atoms with E-state index < -0.39 is 11.6 Å². The predicted octanol–water partition coefficient (Wildman–Crippen LogP) is 11.5. The van der Waals surface area contributed by atoms with Crippen molar-refractivity contribution in [2.75, 3.05) is 0 Å². The van der Waals surface area contributed by atoms with Gasteiger partial charge < -0.3 is 9.47 Å². The quantitative estimate of drug-likeness (QED) is 0.154. The van der Waals surface area contributed by atoms with Gasteiger partial charge in [0.2, 0.25) is 0 Å². The van der Waals surface area contributed by atoms with E-state index in [1.54, 1.807) is 12.1 Å². The molecule has 2 heterocycles. The second-order valence-electron chi connectivity index (χ2n) is 14.6. The normalized spacial score (nSPS) is 11.8. The molecule has 0 saturated carbocycles. The second kappa shape index (κ2) is 14.2. The maximum atomic E-state index is 14.2. The standard InChI is InChI=1S/C44H42F2N2O2/c1-43(2,3)37-21-35(39-19-17-31(45)25-47-39)33(23-41(37)49-27-29-13-9-7-10-14-29)34-24-42(50-28-30-15-11-8-12-16-30)38(44(4,5)6)22-36(34)40-20-18-32(46)26-48-40/h7-26H,27-28H2,1-6H3. The molecule has 50 heavy (non-hydrogen) atoms. The highest BCUT2D eigenvalue weighted by molar-refractivity contribution is 5.92. The van der Waals surface area contributed by atoms with Crippen LogP contribution in [0.25, 0.3) is 33.6 Å². The molecule has 254 valence electrons. The molecular formula is C44H42F2N2O2. The van der Waals surface area contributed by atoms with Gasteiger partial charge in [0, 0.05) is 22.3 Å². The zero-order valence-electron chi connectivity index (χ0n) is 29.4. The summed E-state index contributed by atoms with van der Waals surface area (Å²) in [6.45, 7) is 13.6. The van der Waals surface area contributed by atoms with Crippen LogP contribution in [-0.4, -0.2) is 9.97 Å². The Morgan fingerprint density at radius 2 is 0.860 bits per heavy atom. The fourth-order valence-electron chi connectivity index (χ4n) is 5.98. The summed E-state index contributed by atoms with van der Waals surface area (Å²) in [4.78, 5) is 9.08. The monoisotopic (exact) mass is 668 g/mol. The molecule has 0 fully saturated rings. The van der Waals surface area contributed by atoms with E-state index in [0.29, 0.717) is 36.1 Å². The minimum Gasteiger partial charge on any atom is -0.489 e. The lowest BCUT2D eigenvalue weighted by molar-refractivity contribution is 0.297. The molecule has 4 nitrogen and oxygen atoms in total. The maximum Gasteiger partial charge on any atom is 0.141 e. The molecule has 4 aromatic carbocycles. The van der Waals surface area contributed by atoms with Gasteiger partial charge in [0.25, 0.3) is 0 Å². The lowest BCUT2D eigenvalue weighted by Crippen LogP contribution is -2.15. The number of hydrogen-bond donors (Lipinski definition) is 0. The average molecular weight is 669 g/mol. The van der Waals surface area contributed by atoms with Gasteiger partial charge in [-0.1, -0.05) is 102 Å². The van der Waals surface area contributed by atoms with E-state index in [-0.39, 0.29) is 10.8 Å². The highest BCUT2D eigenvalue weighted by Gasteiger charge is 2.28. The molecular weight excluding hydrogens is 626 g/mol. The topological polar surface area (TPSA) is 44.2 Å². The number of pyridine rings is 2. The van der Waals surface area contributed by atoms with Crippen molar-refractivity contribution in [3.8, 4) is 45.1 Å². The number of aromatic nitrogens is 2. The van der Waals surface area contributed by atoms with E-state index in [1.807, 2.05) is 72.8 Å². The lowest BCUT2D eigenvalue weighted by Gasteiger charge is -2.28. The molecule has 0 radical (unpaired) electrons. The summed E-state index contributed by atoms with van der Waals surface area (Å²) >= 11 is 0. The first-order chi connectivity index (χ1) is 23.9. The van der Waals surface area contributed by atoms with Crippen molar-refractivity contribution in [3.05, 3.63) is 155 Å². The van der Waals surface area contributed by atoms with E-state index in [9.17, 15) is 8.78 Å². The minimum atomic E-state index is -0.420. The minimum absolute atomic E-state index is 0.305. The number of rotatable bonds is 9. The van der Waals surface area contributed by atoms with E-state index in [4.69, 9.17) is 9.47 Å². The lowest BCUT2D eigenvalue weighted by atomic mass is 9.80. The third kappa shape index (κ3) is 7.92. The molecule has 0 amide bonds. The Morgan fingerprint density at radius 3 is 1.18 bits per heavy atom. The van der Waals surface area contributed by atoms with Gasteiger partial charge in [0.1, 0.15) is 36.3 Å². The Morgan fingerprint density at radius 1 is 0.480 bits per heavy atom. The fourth-order valence-corrected chi connectivity index (χ4v) is 5.98. The van der Waals surface area contributed by atoms with Crippen molar-refractivity contribution in [1.82, 2.24) is 9.97 Å². The first kappa shape index (κ1) is 34.5. The molecule has 0 aliphatic rings. The van der Waals surface area contributed by atoms with Crippen LogP contribution in [0.3, 0.4) is 0 Å². The van der Waals surface area contributed by atoms with Gasteiger partial charge in [0.15, 0.2) is 0 Å². The molecule has 0 spiro atoms. The van der Waals surface area contributed by atoms with Crippen LogP contribution in [-0.2, 0) is 24.0 Å². The molecule has 6 rings (SSSR count). The van der Waals surface area contributed by atoms with Crippen molar-refractivity contribution >= 4 is 0 Å². The molecule has 2 aromatic heterocycles. The van der Waals surface area contributed by atoms with Gasteiger partial charge >= 0.3 is 0 Å². The van der Waals surface area contributed by atoms with Crippen LogP contribution in [0.1, 0.15) is 63.8 Å². The molecule has 0 bridgehead atoms. The predicted molar refractivity (Wildman–Crippen MR) is 197 cm³/mol. The van der Waals surface area contributed by atoms with Crippen LogP contribution >= 0.6 is 0 Å². The summed E-state index contributed by atoms with van der Waals surface area (Å²) in [7, 11) is 0. The van der Waals surface area contributed by atoms with E-state index in [0.717, 1.165) is 44.5 Å². The summed E-state index contributed by atoms with van der Waals surface area (Å²) in [5, 5.41) is 0. The SMILES string of the molecule is CC(C)(C)c1cc(-c2ccc(F)cn2)c(-c2cc(OCc3ccccc3)c(C(C)(C)C)cc2-c2ccc(F)cn2)cc1OCc1ccccc1. The summed E-state index contributed by atoms with van der Waals surface area (Å²) in [5.41, 5.74) is 7.82. The second-order valence-corrected chi connectivity index (χ2v) is 14.6. The highest BCUT2D eigenvalue weighted by Crippen LogP contribution is 2.47. The summed E-state index contributed by atoms with van der Waals surface area (Å²) in [6, 6.07) is 34.6. The maximum absolute atomic E-state index is 14.2. The summed E-state index contributed by atoms with van der Waals surface area (Å²) in [6.07, 6.45) is 2.46. The van der Waals surface area contributed by atoms with Crippen LogP contribution in [0.5, 0.6) is 11.5 Å². The molecule has 0 aliphatic carbocycles. The third-order valence-electron chi connectivity index (χ3n) is 8.63. The van der Waals surface area contributed by atoms with Gasteiger partial charge in [-0.25, -0.2) is 8.78 Å². The van der Waals surface area contributed by atoms with E-state index >= 15 is 0 Å². The largest absolute Gasteiger partial charge is 0.489 e. The molecule has 0 N–H and O–H groups in total. The van der Waals surface area contributed by atoms with Crippen molar-refractivity contribution in [2.24, 2.45) is 0 Å². The Bertz CT molecular complexity index is 1910. The van der Waals surface area contributed by atoms with E-state index in [2.05, 4.69) is 63.6 Å². The van der Waals surface area contributed by atoms with Crippen LogP contribution in [0.4, 0.5) is 8.78 Å². The first-order valence-electron chi connectivity index (χ1n) is 16.8. The number of halogens is 2. The van der Waals surface area contributed by atoms with Crippen LogP contribution in [0.2, 0.25) is 0 Å². The number of ether oxygens (including phenoxy) is 2. The zero-order chi connectivity index (χ0) is 35.5. The smallest absolute Gasteiger partial charge is 0.141 e. The Kier molecular flexibility index (Phi) is 9.83. The van der Waals surface area contributed by atoms with Crippen molar-refractivity contribution < 1.29 is 18.3 Å². The van der Waals surface area contributed by atoms with Crippen molar-refractivity contribution in [2.45, 2.75) is 65.6 Å². The average Bonchev–Trinajstić information content (AvgIpc) is 3.10. The van der Waals surface area contributed by atoms with Crippen molar-refractivity contribution in [1.29, 1.82) is 0 Å². The first-order valence-corrected chi connectivity index (χ1v) is 16.8. The van der Waals surface area contributed by atoms with Crippen LogP contribution in [0.15, 0.2) is 122 Å². The number of nitrogens with zero attached hydrogens (tertiary/aromatic N) is 2. The zero-order valence-corrected chi connectivity index (χ0v) is 29.4. The Hall–Kier alpha value is -5.36. The van der Waals surface area contributed by atoms with Gasteiger partial charge in [-0.3, -0.25) is 9.97 Å². The molecule has 6 aromatic rings. The van der Waals surface area contributed by atoms with Crippen LogP contribution < -0.4 is 9.47 Å². The van der Waals surface area contributed by atoms with Gasteiger partial charge in [0.05, 0.1) is 23.8 Å². The number of hydrogen-bond acceptors (Lipinski definition) is 4. The number of benzene rings is 4. The fraction of sp³-hybridized carbons (Fsp3) is 0.227. The molecule has 0 unspecified atom stereocenters. The molecule has 0 saturated heterocycles. The van der Waals surface area contributed by atoms with E-state index in [1.165, 1.54) is 24.5 Å². The molecule has 0 atom stereocenters. The molecule has 0 aliphatic heterocycles. The van der Waals surface area contributed by atoms with Gasteiger partial charge in [-0.05, 0) is 81.6 Å². The van der Waals surface area contributed by atoms with Gasteiger partial charge in [-0.2, -0.15) is 0 Å². The Balaban J connectivity index is 1.64. The Labute approximate surface area is 293 Å². The molecule has 6 heteroatoms. The third-order valence-corrected chi connectivity index (χ3v) is 8.63. The highest BCUT2D eigenvalue weighted by atomic mass is 19.1. The summed E-state index contributed by atoms with van der Waals surface area (Å²) < 4.78 is 41.7. The van der Waals surface area contributed by atoms with Crippen molar-refractivity contribution in [3.63, 3.8) is 0 Å².